The van der Waals surface area contributed by atoms with Gasteiger partial charge in [-0.15, -0.1) is 0 Å². The third-order valence-electron chi connectivity index (χ3n) is 7.93. The molecule has 0 aliphatic heterocycles. The monoisotopic (exact) mass is 616 g/mol. The summed E-state index contributed by atoms with van der Waals surface area (Å²) in [5.41, 5.74) is 11.1. The van der Waals surface area contributed by atoms with Crippen LogP contribution in [0.2, 0.25) is 0 Å². The van der Waals surface area contributed by atoms with Crippen molar-refractivity contribution in [3.8, 4) is 0 Å². The standard InChI is InChI=1S/C41H52N4O/c1-41(2,3)46-38(28-39(30-12-20-34(21-13-30)42(4)5)31-14-22-35(23-15-31)43(6)7)29-40(32-16-24-36(25-17-32)44(8)9)33-18-26-37(27-19-33)45(10)11/h12-29,38H,1-11H3. The Balaban J connectivity index is 1.94. The second kappa shape index (κ2) is 14.7. The van der Waals surface area contributed by atoms with Crippen LogP contribution in [-0.2, 0) is 4.74 Å². The molecule has 0 fully saturated rings. The van der Waals surface area contributed by atoms with E-state index in [-0.39, 0.29) is 11.7 Å². The molecule has 4 aromatic carbocycles. The summed E-state index contributed by atoms with van der Waals surface area (Å²) in [6.07, 6.45) is 4.25. The van der Waals surface area contributed by atoms with Crippen molar-refractivity contribution in [1.29, 1.82) is 0 Å². The van der Waals surface area contributed by atoms with Crippen molar-refractivity contribution in [1.82, 2.24) is 0 Å². The van der Waals surface area contributed by atoms with E-state index in [1.54, 1.807) is 0 Å². The molecule has 4 aromatic rings. The van der Waals surface area contributed by atoms with E-state index < -0.39 is 0 Å². The Morgan fingerprint density at radius 2 is 0.652 bits per heavy atom. The largest absolute Gasteiger partial charge is 0.378 e. The first kappa shape index (κ1) is 34.4. The molecule has 0 unspecified atom stereocenters. The second-order valence-electron chi connectivity index (χ2n) is 13.6. The predicted molar refractivity (Wildman–Crippen MR) is 202 cm³/mol. The molecule has 4 rings (SSSR count). The van der Waals surface area contributed by atoms with Crippen LogP contribution in [0.25, 0.3) is 11.1 Å². The third-order valence-corrected chi connectivity index (χ3v) is 7.93. The molecule has 0 spiro atoms. The van der Waals surface area contributed by atoms with E-state index in [0.29, 0.717) is 0 Å². The number of hydrogen-bond donors (Lipinski definition) is 0. The van der Waals surface area contributed by atoms with Gasteiger partial charge in [-0.25, -0.2) is 0 Å². The van der Waals surface area contributed by atoms with Gasteiger partial charge in [0.1, 0.15) is 0 Å². The number of benzene rings is 4. The summed E-state index contributed by atoms with van der Waals surface area (Å²) in [6, 6.07) is 35.1. The Kier molecular flexibility index (Phi) is 11.0. The van der Waals surface area contributed by atoms with Gasteiger partial charge in [0, 0.05) is 79.1 Å². The van der Waals surface area contributed by atoms with Crippen molar-refractivity contribution in [2.24, 2.45) is 0 Å². The van der Waals surface area contributed by atoms with Crippen LogP contribution in [0.5, 0.6) is 0 Å². The van der Waals surface area contributed by atoms with Crippen LogP contribution in [0.15, 0.2) is 109 Å². The molecular formula is C41H52N4O. The highest BCUT2D eigenvalue weighted by Gasteiger charge is 2.20. The Bertz CT molecular complexity index is 1380. The van der Waals surface area contributed by atoms with Gasteiger partial charge in [0.15, 0.2) is 0 Å². The summed E-state index contributed by atoms with van der Waals surface area (Å²) in [5.74, 6) is 0. The Morgan fingerprint density at radius 1 is 0.435 bits per heavy atom. The van der Waals surface area contributed by atoms with Crippen LogP contribution < -0.4 is 19.6 Å². The Hall–Kier alpha value is -4.48. The number of nitrogens with zero attached hydrogens (tertiary/aromatic N) is 4. The molecule has 242 valence electrons. The van der Waals surface area contributed by atoms with Gasteiger partial charge in [0.05, 0.1) is 11.7 Å². The van der Waals surface area contributed by atoms with Crippen molar-refractivity contribution in [3.63, 3.8) is 0 Å². The van der Waals surface area contributed by atoms with Crippen molar-refractivity contribution >= 4 is 33.9 Å². The number of ether oxygens (including phenoxy) is 1. The summed E-state index contributed by atoms with van der Waals surface area (Å²) in [6.45, 7) is 6.36. The molecule has 0 aliphatic carbocycles. The average Bonchev–Trinajstić information content (AvgIpc) is 3.02. The fourth-order valence-corrected chi connectivity index (χ4v) is 5.33. The number of rotatable bonds is 11. The van der Waals surface area contributed by atoms with Crippen molar-refractivity contribution in [2.75, 3.05) is 76.0 Å². The van der Waals surface area contributed by atoms with Gasteiger partial charge in [0.25, 0.3) is 0 Å². The van der Waals surface area contributed by atoms with E-state index in [2.05, 4.69) is 206 Å². The first-order valence-corrected chi connectivity index (χ1v) is 15.9. The van der Waals surface area contributed by atoms with Crippen LogP contribution in [0.3, 0.4) is 0 Å². The van der Waals surface area contributed by atoms with E-state index in [1.807, 2.05) is 0 Å². The minimum atomic E-state index is -0.374. The quantitative estimate of drug-likeness (QED) is 0.168. The normalized spacial score (nSPS) is 11.2. The van der Waals surface area contributed by atoms with Crippen molar-refractivity contribution in [2.45, 2.75) is 32.5 Å². The minimum Gasteiger partial charge on any atom is -0.378 e. The molecular weight excluding hydrogens is 564 g/mol. The molecule has 0 heterocycles. The lowest BCUT2D eigenvalue weighted by atomic mass is 9.92. The molecule has 0 N–H and O–H groups in total. The Morgan fingerprint density at radius 3 is 0.826 bits per heavy atom. The molecule has 0 amide bonds. The van der Waals surface area contributed by atoms with Crippen molar-refractivity contribution in [3.05, 3.63) is 131 Å². The van der Waals surface area contributed by atoms with Gasteiger partial charge in [0.2, 0.25) is 0 Å². The molecule has 46 heavy (non-hydrogen) atoms. The van der Waals surface area contributed by atoms with Gasteiger partial charge >= 0.3 is 0 Å². The molecule has 0 bridgehead atoms. The van der Waals surface area contributed by atoms with Gasteiger partial charge < -0.3 is 24.3 Å². The lowest BCUT2D eigenvalue weighted by Crippen LogP contribution is -2.25. The minimum absolute atomic E-state index is 0.311. The van der Waals surface area contributed by atoms with E-state index >= 15 is 0 Å². The zero-order chi connectivity index (χ0) is 33.6. The number of anilines is 4. The lowest BCUT2D eigenvalue weighted by Gasteiger charge is -2.26. The van der Waals surface area contributed by atoms with Gasteiger partial charge in [-0.05, 0) is 115 Å². The van der Waals surface area contributed by atoms with Crippen LogP contribution in [0, 0.1) is 0 Å². The zero-order valence-corrected chi connectivity index (χ0v) is 29.7. The summed E-state index contributed by atoms with van der Waals surface area (Å²) >= 11 is 0. The maximum absolute atomic E-state index is 6.85. The fraction of sp³-hybridized carbons (Fsp3) is 0.317. The highest BCUT2D eigenvalue weighted by atomic mass is 16.5. The lowest BCUT2D eigenvalue weighted by molar-refractivity contribution is -0.0175. The molecule has 0 aliphatic rings. The summed E-state index contributed by atoms with van der Waals surface area (Å²) < 4.78 is 6.85. The topological polar surface area (TPSA) is 22.2 Å². The summed E-state index contributed by atoms with van der Waals surface area (Å²) in [5, 5.41) is 0. The highest BCUT2D eigenvalue weighted by molar-refractivity contribution is 5.84. The Labute approximate surface area is 278 Å². The highest BCUT2D eigenvalue weighted by Crippen LogP contribution is 2.32. The third kappa shape index (κ3) is 9.04. The van der Waals surface area contributed by atoms with Crippen LogP contribution in [0.4, 0.5) is 22.7 Å². The first-order chi connectivity index (χ1) is 21.7. The SMILES string of the molecule is CN(C)c1ccc(C(=CC(C=C(c2ccc(N(C)C)cc2)c2ccc(N(C)C)cc2)OC(C)(C)C)c2ccc(N(C)C)cc2)cc1. The summed E-state index contributed by atoms with van der Waals surface area (Å²) in [4.78, 5) is 8.51. The van der Waals surface area contributed by atoms with Gasteiger partial charge in [-0.3, -0.25) is 0 Å². The van der Waals surface area contributed by atoms with E-state index in [1.165, 1.54) is 0 Å². The smallest absolute Gasteiger partial charge is 0.0963 e. The number of hydrogen-bond acceptors (Lipinski definition) is 5. The molecule has 0 saturated heterocycles. The fourth-order valence-electron chi connectivity index (χ4n) is 5.33. The van der Waals surface area contributed by atoms with Crippen LogP contribution in [-0.4, -0.2) is 68.1 Å². The molecule has 0 radical (unpaired) electrons. The molecule has 0 saturated carbocycles. The molecule has 5 nitrogen and oxygen atoms in total. The molecule has 5 heteroatoms. The van der Waals surface area contributed by atoms with E-state index in [0.717, 1.165) is 56.1 Å². The van der Waals surface area contributed by atoms with Gasteiger partial charge in [-0.1, -0.05) is 48.5 Å². The van der Waals surface area contributed by atoms with Crippen LogP contribution >= 0.6 is 0 Å². The zero-order valence-electron chi connectivity index (χ0n) is 29.7. The second-order valence-corrected chi connectivity index (χ2v) is 13.6. The van der Waals surface area contributed by atoms with E-state index in [9.17, 15) is 0 Å². The molecule has 0 atom stereocenters. The molecule has 0 aromatic heterocycles. The predicted octanol–water partition coefficient (Wildman–Crippen LogP) is 8.70. The van der Waals surface area contributed by atoms with E-state index in [4.69, 9.17) is 4.74 Å². The average molecular weight is 617 g/mol. The van der Waals surface area contributed by atoms with Gasteiger partial charge in [-0.2, -0.15) is 0 Å². The first-order valence-electron chi connectivity index (χ1n) is 15.9. The van der Waals surface area contributed by atoms with Crippen molar-refractivity contribution < 1.29 is 4.74 Å². The maximum atomic E-state index is 6.85. The maximum Gasteiger partial charge on any atom is 0.0963 e. The van der Waals surface area contributed by atoms with Crippen LogP contribution in [0.1, 0.15) is 43.0 Å². The summed E-state index contributed by atoms with van der Waals surface area (Å²) in [7, 11) is 16.6.